The SMILES string of the molecule is O=C(COc1ccccc1F)Nc1ccc(NC(=O)c2ccoc2)cc1C(F)(F)F. The van der Waals surface area contributed by atoms with Crippen LogP contribution >= 0.6 is 0 Å². The second-order valence-corrected chi connectivity index (χ2v) is 5.99. The van der Waals surface area contributed by atoms with E-state index in [0.717, 1.165) is 18.4 Å². The fourth-order valence-corrected chi connectivity index (χ4v) is 2.45. The Morgan fingerprint density at radius 3 is 2.47 bits per heavy atom. The van der Waals surface area contributed by atoms with Crippen molar-refractivity contribution >= 4 is 23.2 Å². The van der Waals surface area contributed by atoms with Crippen molar-refractivity contribution < 1.29 is 36.3 Å². The van der Waals surface area contributed by atoms with E-state index in [1.54, 1.807) is 0 Å². The first kappa shape index (κ1) is 20.9. The third kappa shape index (κ3) is 5.16. The van der Waals surface area contributed by atoms with E-state index >= 15 is 0 Å². The number of carbonyl (C=O) groups is 2. The molecule has 0 aliphatic rings. The molecule has 0 bridgehead atoms. The van der Waals surface area contributed by atoms with Crippen molar-refractivity contribution in [1.29, 1.82) is 0 Å². The molecule has 0 atom stereocenters. The number of benzene rings is 2. The van der Waals surface area contributed by atoms with E-state index in [1.165, 1.54) is 36.6 Å². The summed E-state index contributed by atoms with van der Waals surface area (Å²) in [5.41, 5.74) is -1.71. The van der Waals surface area contributed by atoms with Crippen LogP contribution in [0.15, 0.2) is 65.5 Å². The fraction of sp³-hybridized carbons (Fsp3) is 0.100. The van der Waals surface area contributed by atoms with E-state index < -0.39 is 41.7 Å². The zero-order valence-electron chi connectivity index (χ0n) is 15.1. The lowest BCUT2D eigenvalue weighted by atomic mass is 10.1. The van der Waals surface area contributed by atoms with Gasteiger partial charge in [0, 0.05) is 5.69 Å². The lowest BCUT2D eigenvalue weighted by Gasteiger charge is -2.16. The van der Waals surface area contributed by atoms with Crippen LogP contribution in [0.2, 0.25) is 0 Å². The molecular weight excluding hydrogens is 408 g/mol. The number of ether oxygens (including phenoxy) is 1. The van der Waals surface area contributed by atoms with Crippen molar-refractivity contribution in [2.24, 2.45) is 0 Å². The molecule has 0 aliphatic heterocycles. The van der Waals surface area contributed by atoms with E-state index in [9.17, 15) is 27.2 Å². The Hall–Kier alpha value is -3.82. The van der Waals surface area contributed by atoms with Gasteiger partial charge in [0.2, 0.25) is 0 Å². The number of amides is 2. The Bertz CT molecular complexity index is 1050. The number of nitrogens with one attached hydrogen (secondary N) is 2. The number of rotatable bonds is 6. The number of furan rings is 1. The molecule has 2 aromatic carbocycles. The highest BCUT2D eigenvalue weighted by Crippen LogP contribution is 2.36. The molecule has 0 fully saturated rings. The van der Waals surface area contributed by atoms with Gasteiger partial charge in [0.1, 0.15) is 6.26 Å². The quantitative estimate of drug-likeness (QED) is 0.564. The molecule has 0 radical (unpaired) electrons. The van der Waals surface area contributed by atoms with Gasteiger partial charge in [-0.3, -0.25) is 9.59 Å². The topological polar surface area (TPSA) is 80.6 Å². The summed E-state index contributed by atoms with van der Waals surface area (Å²) in [4.78, 5) is 24.0. The van der Waals surface area contributed by atoms with Crippen LogP contribution in [0.3, 0.4) is 0 Å². The Labute approximate surface area is 167 Å². The Morgan fingerprint density at radius 2 is 1.80 bits per heavy atom. The van der Waals surface area contributed by atoms with Gasteiger partial charge in [-0.2, -0.15) is 13.2 Å². The number of hydrogen-bond acceptors (Lipinski definition) is 4. The van der Waals surface area contributed by atoms with Crippen molar-refractivity contribution in [3.8, 4) is 5.75 Å². The molecule has 1 aromatic heterocycles. The molecule has 156 valence electrons. The molecule has 6 nitrogen and oxygen atoms in total. The molecule has 3 rings (SSSR count). The standard InChI is InChI=1S/C20H14F4N2O4/c21-15-3-1-2-4-17(15)30-11-18(27)26-16-6-5-13(9-14(16)20(22,23)24)25-19(28)12-7-8-29-10-12/h1-10H,11H2,(H,25,28)(H,26,27). The second kappa shape index (κ2) is 8.68. The molecule has 0 unspecified atom stereocenters. The number of anilines is 2. The average Bonchev–Trinajstić information content (AvgIpc) is 3.23. The van der Waals surface area contributed by atoms with E-state index in [4.69, 9.17) is 9.15 Å². The Morgan fingerprint density at radius 1 is 1.03 bits per heavy atom. The first-order valence-corrected chi connectivity index (χ1v) is 8.46. The van der Waals surface area contributed by atoms with Crippen LogP contribution in [-0.2, 0) is 11.0 Å². The summed E-state index contributed by atoms with van der Waals surface area (Å²) in [6.45, 7) is -0.697. The summed E-state index contributed by atoms with van der Waals surface area (Å²) in [6.07, 6.45) is -2.42. The minimum absolute atomic E-state index is 0.130. The average molecular weight is 422 g/mol. The highest BCUT2D eigenvalue weighted by molar-refractivity contribution is 6.04. The van der Waals surface area contributed by atoms with Crippen LogP contribution in [0.5, 0.6) is 5.75 Å². The van der Waals surface area contributed by atoms with Gasteiger partial charge in [0.25, 0.3) is 11.8 Å². The molecule has 3 aromatic rings. The third-order valence-corrected chi connectivity index (χ3v) is 3.84. The largest absolute Gasteiger partial charge is 0.481 e. The monoisotopic (exact) mass is 422 g/mol. The summed E-state index contributed by atoms with van der Waals surface area (Å²) in [7, 11) is 0. The second-order valence-electron chi connectivity index (χ2n) is 5.99. The molecule has 2 N–H and O–H groups in total. The van der Waals surface area contributed by atoms with Crippen LogP contribution < -0.4 is 15.4 Å². The number of hydrogen-bond donors (Lipinski definition) is 2. The van der Waals surface area contributed by atoms with Crippen molar-refractivity contribution in [3.05, 3.63) is 78.0 Å². The first-order valence-electron chi connectivity index (χ1n) is 8.46. The molecule has 30 heavy (non-hydrogen) atoms. The van der Waals surface area contributed by atoms with E-state index in [2.05, 4.69) is 10.6 Å². The maximum absolute atomic E-state index is 13.5. The smallest absolute Gasteiger partial charge is 0.418 e. The molecule has 10 heteroatoms. The lowest BCUT2D eigenvalue weighted by molar-refractivity contribution is -0.137. The van der Waals surface area contributed by atoms with Crippen LogP contribution in [0.25, 0.3) is 0 Å². The number of carbonyl (C=O) groups excluding carboxylic acids is 2. The third-order valence-electron chi connectivity index (χ3n) is 3.84. The fourth-order valence-electron chi connectivity index (χ4n) is 2.45. The van der Waals surface area contributed by atoms with Crippen LogP contribution in [0.1, 0.15) is 15.9 Å². The van der Waals surface area contributed by atoms with Crippen LogP contribution in [0, 0.1) is 5.82 Å². The zero-order chi connectivity index (χ0) is 21.7. The van der Waals surface area contributed by atoms with Gasteiger partial charge in [-0.1, -0.05) is 12.1 Å². The summed E-state index contributed by atoms with van der Waals surface area (Å²) in [6, 6.07) is 9.52. The Balaban J connectivity index is 1.73. The first-order chi connectivity index (χ1) is 14.2. The molecule has 2 amide bonds. The number of alkyl halides is 3. The minimum atomic E-state index is -4.81. The van der Waals surface area contributed by atoms with Gasteiger partial charge in [-0.15, -0.1) is 0 Å². The maximum atomic E-state index is 13.5. The van der Waals surface area contributed by atoms with Crippen molar-refractivity contribution in [1.82, 2.24) is 0 Å². The summed E-state index contributed by atoms with van der Waals surface area (Å²) in [5, 5.41) is 4.39. The molecule has 0 aliphatic carbocycles. The van der Waals surface area contributed by atoms with Crippen molar-refractivity contribution in [2.75, 3.05) is 17.2 Å². The predicted octanol–water partition coefficient (Wildman–Crippen LogP) is 4.71. The van der Waals surface area contributed by atoms with Gasteiger partial charge < -0.3 is 19.8 Å². The van der Waals surface area contributed by atoms with E-state index in [-0.39, 0.29) is 17.0 Å². The van der Waals surface area contributed by atoms with Gasteiger partial charge in [0.15, 0.2) is 18.2 Å². The minimum Gasteiger partial charge on any atom is -0.481 e. The normalized spacial score (nSPS) is 11.1. The summed E-state index contributed by atoms with van der Waals surface area (Å²) >= 11 is 0. The highest BCUT2D eigenvalue weighted by atomic mass is 19.4. The Kier molecular flexibility index (Phi) is 6.05. The molecular formula is C20H14F4N2O4. The van der Waals surface area contributed by atoms with Gasteiger partial charge in [0.05, 0.1) is 23.1 Å². The molecule has 0 saturated heterocycles. The zero-order valence-corrected chi connectivity index (χ0v) is 15.1. The van der Waals surface area contributed by atoms with Gasteiger partial charge in [-0.05, 0) is 36.4 Å². The molecule has 1 heterocycles. The summed E-state index contributed by atoms with van der Waals surface area (Å²) < 4.78 is 63.5. The highest BCUT2D eigenvalue weighted by Gasteiger charge is 2.34. The van der Waals surface area contributed by atoms with Crippen LogP contribution in [-0.4, -0.2) is 18.4 Å². The van der Waals surface area contributed by atoms with E-state index in [1.807, 2.05) is 0 Å². The van der Waals surface area contributed by atoms with Crippen molar-refractivity contribution in [2.45, 2.75) is 6.18 Å². The lowest BCUT2D eigenvalue weighted by Crippen LogP contribution is -2.23. The summed E-state index contributed by atoms with van der Waals surface area (Å²) in [5.74, 6) is -2.49. The molecule has 0 spiro atoms. The predicted molar refractivity (Wildman–Crippen MR) is 98.6 cm³/mol. The van der Waals surface area contributed by atoms with Crippen LogP contribution in [0.4, 0.5) is 28.9 Å². The maximum Gasteiger partial charge on any atom is 0.418 e. The van der Waals surface area contributed by atoms with Crippen molar-refractivity contribution in [3.63, 3.8) is 0 Å². The number of halogens is 4. The number of para-hydroxylation sites is 1. The van der Waals surface area contributed by atoms with Gasteiger partial charge in [-0.25, -0.2) is 4.39 Å². The molecule has 0 saturated carbocycles. The van der Waals surface area contributed by atoms with E-state index in [0.29, 0.717) is 6.07 Å². The van der Waals surface area contributed by atoms with Gasteiger partial charge >= 0.3 is 6.18 Å².